The number of halogens is 3. The summed E-state index contributed by atoms with van der Waals surface area (Å²) in [4.78, 5) is 27.8. The summed E-state index contributed by atoms with van der Waals surface area (Å²) in [5, 5.41) is 3.54. The fraction of sp³-hybridized carbons (Fsp3) is 0.231. The van der Waals surface area contributed by atoms with Gasteiger partial charge in [-0.15, -0.1) is 0 Å². The van der Waals surface area contributed by atoms with Crippen molar-refractivity contribution in [2.45, 2.75) is 31.3 Å². The summed E-state index contributed by atoms with van der Waals surface area (Å²) in [5.41, 5.74) is 0.760. The molecule has 1 N–H and O–H groups in total. The van der Waals surface area contributed by atoms with Crippen LogP contribution in [0, 0.1) is 0 Å². The predicted molar refractivity (Wildman–Crippen MR) is 148 cm³/mol. The average molecular weight is 583 g/mol. The zero-order chi connectivity index (χ0) is 27.2. The molecule has 0 aliphatic heterocycles. The van der Waals surface area contributed by atoms with Crippen LogP contribution in [0.4, 0.5) is 5.69 Å². The number of nitrogens with one attached hydrogen (secondary N) is 1. The number of anilines is 1. The van der Waals surface area contributed by atoms with Crippen molar-refractivity contribution in [2.75, 3.05) is 17.4 Å². The maximum absolute atomic E-state index is 13.8. The van der Waals surface area contributed by atoms with Gasteiger partial charge in [-0.25, -0.2) is 8.42 Å². The highest BCUT2D eigenvalue weighted by molar-refractivity contribution is 7.92. The van der Waals surface area contributed by atoms with Crippen LogP contribution in [0.2, 0.25) is 15.1 Å². The van der Waals surface area contributed by atoms with E-state index in [9.17, 15) is 18.0 Å². The second kappa shape index (κ2) is 12.6. The van der Waals surface area contributed by atoms with Crippen molar-refractivity contribution in [1.82, 2.24) is 10.2 Å². The van der Waals surface area contributed by atoms with Crippen LogP contribution in [-0.2, 0) is 26.2 Å². The van der Waals surface area contributed by atoms with Gasteiger partial charge in [0.05, 0.1) is 15.6 Å². The number of hydrogen-bond acceptors (Lipinski definition) is 4. The first-order chi connectivity index (χ1) is 17.5. The van der Waals surface area contributed by atoms with E-state index in [0.29, 0.717) is 22.2 Å². The van der Waals surface area contributed by atoms with Gasteiger partial charge in [0.15, 0.2) is 0 Å². The first-order valence-corrected chi connectivity index (χ1v) is 14.0. The Balaban J connectivity index is 2.05. The number of rotatable bonds is 10. The number of carbonyl (C=O) groups excluding carboxylic acids is 2. The summed E-state index contributed by atoms with van der Waals surface area (Å²) >= 11 is 18.5. The average Bonchev–Trinajstić information content (AvgIpc) is 2.86. The quantitative estimate of drug-likeness (QED) is 0.347. The molecule has 0 aliphatic carbocycles. The summed E-state index contributed by atoms with van der Waals surface area (Å²) in [6.45, 7) is 3.15. The van der Waals surface area contributed by atoms with Gasteiger partial charge < -0.3 is 10.2 Å². The fourth-order valence-electron chi connectivity index (χ4n) is 3.65. The second-order valence-corrected chi connectivity index (χ2v) is 11.3. The molecule has 0 bridgehead atoms. The molecule has 11 heteroatoms. The minimum absolute atomic E-state index is 0.0213. The highest BCUT2D eigenvalue weighted by Crippen LogP contribution is 2.33. The summed E-state index contributed by atoms with van der Waals surface area (Å²) in [7, 11) is -4.22. The maximum Gasteiger partial charge on any atom is 0.264 e. The third-order valence-corrected chi connectivity index (χ3v) is 8.10. The van der Waals surface area contributed by atoms with Gasteiger partial charge >= 0.3 is 0 Å². The lowest BCUT2D eigenvalue weighted by atomic mass is 10.1. The Labute approximate surface area is 232 Å². The Bertz CT molecular complexity index is 1370. The predicted octanol–water partition coefficient (Wildman–Crippen LogP) is 5.40. The van der Waals surface area contributed by atoms with Crippen LogP contribution >= 0.6 is 34.8 Å². The molecule has 3 rings (SSSR count). The Morgan fingerprint density at radius 2 is 1.59 bits per heavy atom. The van der Waals surface area contributed by atoms with Crippen LogP contribution in [0.5, 0.6) is 0 Å². The van der Waals surface area contributed by atoms with Crippen LogP contribution < -0.4 is 9.62 Å². The maximum atomic E-state index is 13.8. The van der Waals surface area contributed by atoms with Gasteiger partial charge in [-0.2, -0.15) is 0 Å². The van der Waals surface area contributed by atoms with Crippen molar-refractivity contribution < 1.29 is 18.0 Å². The van der Waals surface area contributed by atoms with Gasteiger partial charge in [0.25, 0.3) is 10.0 Å². The van der Waals surface area contributed by atoms with Gasteiger partial charge in [0.1, 0.15) is 12.6 Å². The van der Waals surface area contributed by atoms with Crippen LogP contribution in [0.25, 0.3) is 0 Å². The number of likely N-dealkylation sites (N-methyl/N-ethyl adjacent to an activating group) is 1. The molecule has 196 valence electrons. The van der Waals surface area contributed by atoms with Gasteiger partial charge in [0.2, 0.25) is 11.8 Å². The molecule has 3 aromatic carbocycles. The molecule has 1 unspecified atom stereocenters. The van der Waals surface area contributed by atoms with Gasteiger partial charge in [-0.3, -0.25) is 13.9 Å². The van der Waals surface area contributed by atoms with Crippen LogP contribution in [-0.4, -0.2) is 44.3 Å². The number of sulfonamides is 1. The smallest absolute Gasteiger partial charge is 0.264 e. The molecule has 0 fully saturated rings. The molecule has 1 atom stereocenters. The van der Waals surface area contributed by atoms with E-state index in [1.54, 1.807) is 56.3 Å². The first kappa shape index (κ1) is 28.8. The minimum Gasteiger partial charge on any atom is -0.355 e. The summed E-state index contributed by atoms with van der Waals surface area (Å²) in [6.07, 6.45) is 0. The van der Waals surface area contributed by atoms with Crippen LogP contribution in [0.1, 0.15) is 19.4 Å². The minimum atomic E-state index is -4.22. The molecule has 0 saturated carbocycles. The zero-order valence-electron chi connectivity index (χ0n) is 20.2. The molecule has 0 heterocycles. The molecular formula is C26H26Cl3N3O4S. The van der Waals surface area contributed by atoms with Crippen LogP contribution in [0.3, 0.4) is 0 Å². The van der Waals surface area contributed by atoms with E-state index in [1.165, 1.54) is 35.2 Å². The standard InChI is InChI=1S/C26H26Cl3N3O4S/c1-3-30-26(34)18(2)31(16-19-8-7-9-20(27)14-19)25(33)17-32(24-13-12-21(28)15-23(24)29)37(35,36)22-10-5-4-6-11-22/h4-15,18H,3,16-17H2,1-2H3,(H,30,34). The monoisotopic (exact) mass is 581 g/mol. The van der Waals surface area contributed by atoms with E-state index in [1.807, 2.05) is 0 Å². The molecule has 3 aromatic rings. The molecule has 2 amide bonds. The summed E-state index contributed by atoms with van der Waals surface area (Å²) in [5.74, 6) is -0.982. The second-order valence-electron chi connectivity index (χ2n) is 8.14. The van der Waals surface area contributed by atoms with Gasteiger partial charge in [0, 0.05) is 23.1 Å². The lowest BCUT2D eigenvalue weighted by molar-refractivity contribution is -0.139. The van der Waals surface area contributed by atoms with Crippen molar-refractivity contribution in [3.05, 3.63) is 93.4 Å². The number of nitrogens with zero attached hydrogens (tertiary/aromatic N) is 2. The lowest BCUT2D eigenvalue weighted by Crippen LogP contribution is -2.51. The van der Waals surface area contributed by atoms with E-state index >= 15 is 0 Å². The van der Waals surface area contributed by atoms with E-state index < -0.39 is 28.5 Å². The van der Waals surface area contributed by atoms with Crippen molar-refractivity contribution in [1.29, 1.82) is 0 Å². The van der Waals surface area contributed by atoms with E-state index in [-0.39, 0.29) is 28.1 Å². The third kappa shape index (κ3) is 7.17. The number of carbonyl (C=O) groups is 2. The Morgan fingerprint density at radius 1 is 0.919 bits per heavy atom. The molecule has 0 radical (unpaired) electrons. The van der Waals surface area contributed by atoms with Gasteiger partial charge in [-0.1, -0.05) is 65.1 Å². The Hall–Kier alpha value is -2.78. The highest BCUT2D eigenvalue weighted by atomic mass is 35.5. The van der Waals surface area contributed by atoms with Crippen molar-refractivity contribution >= 4 is 62.3 Å². The van der Waals surface area contributed by atoms with Crippen molar-refractivity contribution in [2.24, 2.45) is 0 Å². The molecule has 0 aliphatic rings. The fourth-order valence-corrected chi connectivity index (χ4v) is 5.88. The number of hydrogen-bond donors (Lipinski definition) is 1. The number of amides is 2. The molecular weight excluding hydrogens is 557 g/mol. The Kier molecular flexibility index (Phi) is 9.84. The third-order valence-electron chi connectivity index (χ3n) is 5.55. The van der Waals surface area contributed by atoms with E-state index in [4.69, 9.17) is 34.8 Å². The molecule has 7 nitrogen and oxygen atoms in total. The molecule has 0 saturated heterocycles. The van der Waals surface area contributed by atoms with Crippen molar-refractivity contribution in [3.63, 3.8) is 0 Å². The highest BCUT2D eigenvalue weighted by Gasteiger charge is 2.33. The van der Waals surface area contributed by atoms with E-state index in [2.05, 4.69) is 5.32 Å². The molecule has 0 spiro atoms. The van der Waals surface area contributed by atoms with Gasteiger partial charge in [-0.05, 0) is 61.9 Å². The summed E-state index contributed by atoms with van der Waals surface area (Å²) in [6, 6.07) is 18.0. The van der Waals surface area contributed by atoms with Crippen LogP contribution in [0.15, 0.2) is 77.7 Å². The number of benzene rings is 3. The largest absolute Gasteiger partial charge is 0.355 e. The first-order valence-electron chi connectivity index (χ1n) is 11.4. The topological polar surface area (TPSA) is 86.8 Å². The SMILES string of the molecule is CCNC(=O)C(C)N(Cc1cccc(Cl)c1)C(=O)CN(c1ccc(Cl)cc1Cl)S(=O)(=O)c1ccccc1. The van der Waals surface area contributed by atoms with E-state index in [0.717, 1.165) is 4.31 Å². The zero-order valence-corrected chi connectivity index (χ0v) is 23.3. The van der Waals surface area contributed by atoms with Crippen molar-refractivity contribution in [3.8, 4) is 0 Å². The summed E-state index contributed by atoms with van der Waals surface area (Å²) < 4.78 is 28.3. The molecule has 37 heavy (non-hydrogen) atoms. The molecule has 0 aromatic heterocycles. The Morgan fingerprint density at radius 3 is 2.22 bits per heavy atom. The normalized spacial score (nSPS) is 12.0. The lowest BCUT2D eigenvalue weighted by Gasteiger charge is -2.32.